The van der Waals surface area contributed by atoms with Crippen LogP contribution in [0.2, 0.25) is 0 Å². The van der Waals surface area contributed by atoms with E-state index in [0.717, 1.165) is 5.56 Å². The van der Waals surface area contributed by atoms with E-state index in [4.69, 9.17) is 9.47 Å². The second-order valence-electron chi connectivity index (χ2n) is 11.4. The van der Waals surface area contributed by atoms with Gasteiger partial charge in [0.25, 0.3) is 11.8 Å². The predicted octanol–water partition coefficient (Wildman–Crippen LogP) is 4.86. The van der Waals surface area contributed by atoms with E-state index in [1.165, 1.54) is 31.5 Å². The van der Waals surface area contributed by atoms with Crippen molar-refractivity contribution >= 4 is 23.5 Å². The van der Waals surface area contributed by atoms with E-state index in [-0.39, 0.29) is 34.6 Å². The Kier molecular flexibility index (Phi) is 11.1. The van der Waals surface area contributed by atoms with E-state index in [0.29, 0.717) is 60.9 Å². The molecule has 244 valence electrons. The Morgan fingerprint density at radius 2 is 1.87 bits per heavy atom. The minimum Gasteiger partial charge on any atom is -0.495 e. The van der Waals surface area contributed by atoms with Gasteiger partial charge >= 0.3 is 0 Å². The lowest BCUT2D eigenvalue weighted by atomic mass is 10.0. The molecule has 3 aromatic rings. The molecular formula is C35H42FN5O5. The Morgan fingerprint density at radius 1 is 1.11 bits per heavy atom. The van der Waals surface area contributed by atoms with E-state index >= 15 is 0 Å². The number of nitrogens with one attached hydrogen (secondary N) is 2. The Hall–Kier alpha value is -4.77. The number of amides is 3. The summed E-state index contributed by atoms with van der Waals surface area (Å²) in [6.07, 6.45) is 2.80. The summed E-state index contributed by atoms with van der Waals surface area (Å²) in [5.74, 6) is -0.123. The van der Waals surface area contributed by atoms with Gasteiger partial charge in [0.2, 0.25) is 5.91 Å². The molecule has 3 amide bonds. The number of benzene rings is 2. The molecule has 46 heavy (non-hydrogen) atoms. The zero-order valence-corrected chi connectivity index (χ0v) is 27.3. The minimum atomic E-state index is -0.665. The Labute approximate surface area is 269 Å². The number of methoxy groups -OCH3 is 1. The highest BCUT2D eigenvalue weighted by Crippen LogP contribution is 2.31. The first-order valence-corrected chi connectivity index (χ1v) is 15.3. The highest BCUT2D eigenvalue weighted by Gasteiger charge is 2.30. The summed E-state index contributed by atoms with van der Waals surface area (Å²) in [6.45, 7) is 13.0. The third-order valence-corrected chi connectivity index (χ3v) is 8.26. The average Bonchev–Trinajstić information content (AvgIpc) is 3.05. The van der Waals surface area contributed by atoms with Gasteiger partial charge in [-0.15, -0.1) is 0 Å². The third kappa shape index (κ3) is 7.71. The fourth-order valence-electron chi connectivity index (χ4n) is 5.54. The average molecular weight is 632 g/mol. The summed E-state index contributed by atoms with van der Waals surface area (Å²) < 4.78 is 26.6. The van der Waals surface area contributed by atoms with Crippen molar-refractivity contribution in [2.75, 3.05) is 45.7 Å². The number of halogens is 1. The Morgan fingerprint density at radius 3 is 2.50 bits per heavy atom. The van der Waals surface area contributed by atoms with E-state index < -0.39 is 17.9 Å². The number of carbonyl (C=O) groups is 3. The number of aromatic nitrogens is 1. The summed E-state index contributed by atoms with van der Waals surface area (Å²) in [7, 11) is 3.05. The highest BCUT2D eigenvalue weighted by atomic mass is 19.1. The van der Waals surface area contributed by atoms with Crippen LogP contribution in [-0.4, -0.2) is 78.9 Å². The molecule has 11 heteroatoms. The van der Waals surface area contributed by atoms with Crippen LogP contribution in [0.5, 0.6) is 11.5 Å². The van der Waals surface area contributed by atoms with Gasteiger partial charge in [0, 0.05) is 44.8 Å². The number of ether oxygens (including phenoxy) is 2. The maximum Gasteiger partial charge on any atom is 0.257 e. The van der Waals surface area contributed by atoms with Crippen LogP contribution in [0, 0.1) is 19.7 Å². The molecule has 0 spiro atoms. The number of carbonyl (C=O) groups excluding carboxylic acids is 3. The van der Waals surface area contributed by atoms with Crippen molar-refractivity contribution in [3.63, 3.8) is 0 Å². The minimum absolute atomic E-state index is 0.0652. The molecule has 1 saturated heterocycles. The number of piperazine rings is 1. The number of hydrogen-bond donors (Lipinski definition) is 2. The molecule has 4 rings (SSSR count). The van der Waals surface area contributed by atoms with Gasteiger partial charge in [-0.05, 0) is 79.8 Å². The first kappa shape index (κ1) is 34.1. The van der Waals surface area contributed by atoms with Gasteiger partial charge in [0.05, 0.1) is 18.9 Å². The van der Waals surface area contributed by atoms with Gasteiger partial charge in [-0.3, -0.25) is 19.3 Å². The first-order valence-electron chi connectivity index (χ1n) is 15.3. The van der Waals surface area contributed by atoms with Gasteiger partial charge in [-0.1, -0.05) is 25.6 Å². The molecule has 10 nitrogen and oxygen atoms in total. The van der Waals surface area contributed by atoms with Crippen LogP contribution in [-0.2, 0) is 11.2 Å². The number of nitrogens with zero attached hydrogens (tertiary/aromatic N) is 3. The molecule has 2 N–H and O–H groups in total. The maximum atomic E-state index is 14.8. The topological polar surface area (TPSA) is 113 Å². The lowest BCUT2D eigenvalue weighted by Crippen LogP contribution is -2.54. The van der Waals surface area contributed by atoms with Crippen molar-refractivity contribution in [3.8, 4) is 11.5 Å². The van der Waals surface area contributed by atoms with Gasteiger partial charge < -0.3 is 25.0 Å². The normalized spacial score (nSPS) is 15.5. The van der Waals surface area contributed by atoms with E-state index in [9.17, 15) is 18.8 Å². The molecule has 1 aliphatic heterocycles. The van der Waals surface area contributed by atoms with E-state index in [2.05, 4.69) is 27.1 Å². The number of pyridine rings is 1. The smallest absolute Gasteiger partial charge is 0.257 e. The van der Waals surface area contributed by atoms with E-state index in [1.807, 2.05) is 26.0 Å². The maximum absolute atomic E-state index is 14.8. The summed E-state index contributed by atoms with van der Waals surface area (Å²) in [4.78, 5) is 47.2. The first-order chi connectivity index (χ1) is 22.0. The Balaban J connectivity index is 1.67. The molecule has 0 radical (unpaired) electrons. The van der Waals surface area contributed by atoms with Gasteiger partial charge in [-0.25, -0.2) is 9.37 Å². The van der Waals surface area contributed by atoms with Crippen LogP contribution in [0.4, 0.5) is 10.2 Å². The monoisotopic (exact) mass is 631 g/mol. The molecule has 0 saturated carbocycles. The molecule has 0 unspecified atom stereocenters. The number of aryl methyl sites for hydroxylation is 3. The quantitative estimate of drug-likeness (QED) is 0.291. The molecule has 2 heterocycles. The van der Waals surface area contributed by atoms with Crippen molar-refractivity contribution in [1.82, 2.24) is 20.1 Å². The SMILES string of the molecule is C=CC(=O)N1CCN(C[C@@H](Oc2cc(C)c(C(=O)Nc3ncc(OC)cc3CC)cc2C(=O)NC)c2ccc(C)c(F)c2)C[C@H]1C. The highest BCUT2D eigenvalue weighted by molar-refractivity contribution is 6.07. The van der Waals surface area contributed by atoms with Gasteiger partial charge in [0.1, 0.15) is 29.2 Å². The van der Waals surface area contributed by atoms with Crippen LogP contribution in [0.25, 0.3) is 0 Å². The lowest BCUT2D eigenvalue weighted by molar-refractivity contribution is -0.130. The lowest BCUT2D eigenvalue weighted by Gasteiger charge is -2.40. The van der Waals surface area contributed by atoms with Crippen LogP contribution in [0.15, 0.2) is 55.3 Å². The Bertz CT molecular complexity index is 1630. The van der Waals surface area contributed by atoms with Crippen LogP contribution in [0.1, 0.15) is 62.9 Å². The largest absolute Gasteiger partial charge is 0.495 e. The summed E-state index contributed by atoms with van der Waals surface area (Å²) in [5.41, 5.74) is 2.91. The standard InChI is InChI=1S/C35H42FN5O5/c1-8-24-15-26(45-7)18-38-33(24)39-35(44)27-17-28(34(43)37-6)30(14-22(27)4)46-31(25-11-10-21(3)29(36)16-25)20-40-12-13-41(23(5)19-40)32(42)9-2/h9-11,14-18,23,31H,2,8,12-13,19-20H2,1,3-7H3,(H,37,43)(H,38,39,44)/t23-,31-/m1/s1. The fraction of sp³-hybridized carbons (Fsp3) is 0.371. The zero-order valence-electron chi connectivity index (χ0n) is 27.3. The number of rotatable bonds is 11. The second kappa shape index (κ2) is 15.0. The fourth-order valence-corrected chi connectivity index (χ4v) is 5.54. The molecule has 0 aliphatic carbocycles. The molecule has 0 bridgehead atoms. The summed E-state index contributed by atoms with van der Waals surface area (Å²) in [5, 5.41) is 5.50. The van der Waals surface area contributed by atoms with E-state index in [1.54, 1.807) is 38.0 Å². The van der Waals surface area contributed by atoms with Gasteiger partial charge in [-0.2, -0.15) is 0 Å². The van der Waals surface area contributed by atoms with Crippen molar-refractivity contribution in [2.45, 2.75) is 46.3 Å². The third-order valence-electron chi connectivity index (χ3n) is 8.26. The van der Waals surface area contributed by atoms with Crippen molar-refractivity contribution < 1.29 is 28.2 Å². The van der Waals surface area contributed by atoms with Gasteiger partial charge in [0.15, 0.2) is 0 Å². The summed E-state index contributed by atoms with van der Waals surface area (Å²) >= 11 is 0. The van der Waals surface area contributed by atoms with Crippen molar-refractivity contribution in [1.29, 1.82) is 0 Å². The van der Waals surface area contributed by atoms with Crippen LogP contribution >= 0.6 is 0 Å². The zero-order chi connectivity index (χ0) is 33.5. The van der Waals surface area contributed by atoms with Crippen molar-refractivity contribution in [2.24, 2.45) is 0 Å². The van der Waals surface area contributed by atoms with Crippen LogP contribution < -0.4 is 20.1 Å². The molecule has 2 aromatic carbocycles. The predicted molar refractivity (Wildman–Crippen MR) is 175 cm³/mol. The molecular weight excluding hydrogens is 589 g/mol. The second-order valence-corrected chi connectivity index (χ2v) is 11.4. The van der Waals surface area contributed by atoms with Crippen molar-refractivity contribution in [3.05, 3.63) is 94.4 Å². The molecule has 2 atom stereocenters. The molecule has 1 fully saturated rings. The van der Waals surface area contributed by atoms with Crippen LogP contribution in [0.3, 0.4) is 0 Å². The number of anilines is 1. The number of hydrogen-bond acceptors (Lipinski definition) is 7. The molecule has 1 aromatic heterocycles. The molecule has 1 aliphatic rings. The summed E-state index contributed by atoms with van der Waals surface area (Å²) in [6, 6.07) is 9.86.